The van der Waals surface area contributed by atoms with Crippen LogP contribution >= 0.6 is 11.8 Å². The molecule has 0 unspecified atom stereocenters. The van der Waals surface area contributed by atoms with E-state index in [9.17, 15) is 4.79 Å². The first-order valence-electron chi connectivity index (χ1n) is 11.3. The van der Waals surface area contributed by atoms with Gasteiger partial charge in [0.15, 0.2) is 11.0 Å². The van der Waals surface area contributed by atoms with Crippen LogP contribution in [0.5, 0.6) is 5.75 Å². The molecule has 1 amide bonds. The van der Waals surface area contributed by atoms with Crippen molar-refractivity contribution in [3.05, 3.63) is 89.5 Å². The summed E-state index contributed by atoms with van der Waals surface area (Å²) in [7, 11) is 1.63. The molecule has 3 aromatic carbocycles. The van der Waals surface area contributed by atoms with Crippen LogP contribution in [-0.2, 0) is 11.2 Å². The summed E-state index contributed by atoms with van der Waals surface area (Å²) in [5.74, 6) is 1.38. The molecule has 7 nitrogen and oxygen atoms in total. The average molecular weight is 486 g/mol. The molecular formula is C27H27N5O2S. The quantitative estimate of drug-likeness (QED) is 0.204. The third-order valence-electron chi connectivity index (χ3n) is 5.40. The van der Waals surface area contributed by atoms with Gasteiger partial charge in [-0.3, -0.25) is 9.36 Å². The second kappa shape index (κ2) is 11.5. The number of thioether (sulfide) groups is 1. The molecular weight excluding hydrogens is 458 g/mol. The predicted octanol–water partition coefficient (Wildman–Crippen LogP) is 5.06. The Hall–Kier alpha value is -3.91. The van der Waals surface area contributed by atoms with E-state index >= 15 is 0 Å². The highest BCUT2D eigenvalue weighted by Crippen LogP contribution is 2.29. The van der Waals surface area contributed by atoms with Gasteiger partial charge < -0.3 is 4.74 Å². The number of aromatic nitrogens is 3. The van der Waals surface area contributed by atoms with Gasteiger partial charge in [0.1, 0.15) is 5.75 Å². The van der Waals surface area contributed by atoms with Crippen molar-refractivity contribution in [2.75, 3.05) is 12.9 Å². The first-order chi connectivity index (χ1) is 17.1. The lowest BCUT2D eigenvalue weighted by molar-refractivity contribution is -0.118. The SMILES string of the molecule is CCc1ccc(C=NNC(=O)CSc2nnc(-c3ccc(OC)cc3)n2-c2ccc(C)cc2)cc1. The molecule has 4 aromatic rings. The zero-order chi connectivity index (χ0) is 24.6. The maximum atomic E-state index is 12.4. The number of hydrogen-bond acceptors (Lipinski definition) is 6. The van der Waals surface area contributed by atoms with Gasteiger partial charge in [-0.05, 0) is 60.9 Å². The Morgan fingerprint density at radius 2 is 1.74 bits per heavy atom. The van der Waals surface area contributed by atoms with Crippen LogP contribution in [0.15, 0.2) is 83.1 Å². The van der Waals surface area contributed by atoms with Gasteiger partial charge in [-0.2, -0.15) is 5.10 Å². The van der Waals surface area contributed by atoms with E-state index in [0.29, 0.717) is 11.0 Å². The number of hydrazone groups is 1. The number of ether oxygens (including phenoxy) is 1. The van der Waals surface area contributed by atoms with E-state index in [0.717, 1.165) is 34.5 Å². The van der Waals surface area contributed by atoms with Crippen molar-refractivity contribution in [1.29, 1.82) is 0 Å². The highest BCUT2D eigenvalue weighted by atomic mass is 32.2. The Morgan fingerprint density at radius 3 is 2.40 bits per heavy atom. The number of rotatable bonds is 9. The molecule has 0 aliphatic carbocycles. The summed E-state index contributed by atoms with van der Waals surface area (Å²) in [6, 6.07) is 23.8. The fourth-order valence-corrected chi connectivity index (χ4v) is 4.14. The largest absolute Gasteiger partial charge is 0.497 e. The molecule has 0 fully saturated rings. The van der Waals surface area contributed by atoms with Gasteiger partial charge in [-0.1, -0.05) is 60.6 Å². The number of nitrogens with zero attached hydrogens (tertiary/aromatic N) is 4. The molecule has 0 saturated heterocycles. The minimum atomic E-state index is -0.221. The van der Waals surface area contributed by atoms with Crippen molar-refractivity contribution in [3.8, 4) is 22.8 Å². The van der Waals surface area contributed by atoms with Gasteiger partial charge >= 0.3 is 0 Å². The minimum absolute atomic E-state index is 0.152. The summed E-state index contributed by atoms with van der Waals surface area (Å²) in [6.45, 7) is 4.15. The monoisotopic (exact) mass is 485 g/mol. The standard InChI is InChI=1S/C27H27N5O2S/c1-4-20-7-9-21(10-8-20)17-28-29-25(33)18-35-27-31-30-26(22-11-15-24(34-3)16-12-22)32(27)23-13-5-19(2)6-14-23/h5-17H,4,18H2,1-3H3,(H,29,33). The van der Waals surface area contributed by atoms with Crippen molar-refractivity contribution < 1.29 is 9.53 Å². The van der Waals surface area contributed by atoms with E-state index in [1.807, 2.05) is 72.2 Å². The molecule has 1 N–H and O–H groups in total. The van der Waals surface area contributed by atoms with E-state index in [1.165, 1.54) is 17.3 Å². The lowest BCUT2D eigenvalue weighted by atomic mass is 10.1. The van der Waals surface area contributed by atoms with E-state index in [-0.39, 0.29) is 11.7 Å². The number of nitrogens with one attached hydrogen (secondary N) is 1. The summed E-state index contributed by atoms with van der Waals surface area (Å²) < 4.78 is 7.23. The van der Waals surface area contributed by atoms with Crippen LogP contribution in [0, 0.1) is 6.92 Å². The fourth-order valence-electron chi connectivity index (χ4n) is 3.40. The van der Waals surface area contributed by atoms with Gasteiger partial charge in [-0.15, -0.1) is 10.2 Å². The van der Waals surface area contributed by atoms with Crippen LogP contribution in [0.2, 0.25) is 0 Å². The number of aryl methyl sites for hydroxylation is 2. The van der Waals surface area contributed by atoms with Gasteiger partial charge in [0.2, 0.25) is 0 Å². The fraction of sp³-hybridized carbons (Fsp3) is 0.185. The molecule has 0 aliphatic heterocycles. The Labute approximate surface area is 209 Å². The molecule has 0 atom stereocenters. The molecule has 0 radical (unpaired) electrons. The summed E-state index contributed by atoms with van der Waals surface area (Å²) in [6.07, 6.45) is 2.62. The normalized spacial score (nSPS) is 11.1. The zero-order valence-corrected chi connectivity index (χ0v) is 20.7. The zero-order valence-electron chi connectivity index (χ0n) is 19.9. The predicted molar refractivity (Wildman–Crippen MR) is 140 cm³/mol. The van der Waals surface area contributed by atoms with Crippen LogP contribution in [0.25, 0.3) is 17.1 Å². The second-order valence-electron chi connectivity index (χ2n) is 7.88. The maximum Gasteiger partial charge on any atom is 0.250 e. The molecule has 1 heterocycles. The molecule has 0 bridgehead atoms. The highest BCUT2D eigenvalue weighted by Gasteiger charge is 2.17. The van der Waals surface area contributed by atoms with Crippen molar-refractivity contribution in [2.45, 2.75) is 25.4 Å². The molecule has 1 aromatic heterocycles. The van der Waals surface area contributed by atoms with Crippen LogP contribution in [-0.4, -0.2) is 39.7 Å². The molecule has 178 valence electrons. The molecule has 0 spiro atoms. The molecule has 8 heteroatoms. The third kappa shape index (κ3) is 6.16. The minimum Gasteiger partial charge on any atom is -0.497 e. The first kappa shape index (κ1) is 24.2. The maximum absolute atomic E-state index is 12.4. The van der Waals surface area contributed by atoms with Crippen LogP contribution in [0.1, 0.15) is 23.6 Å². The number of methoxy groups -OCH3 is 1. The Bertz CT molecular complexity index is 1300. The molecule has 0 aliphatic rings. The number of hydrogen-bond donors (Lipinski definition) is 1. The topological polar surface area (TPSA) is 81.4 Å². The summed E-state index contributed by atoms with van der Waals surface area (Å²) in [5, 5.41) is 13.5. The van der Waals surface area contributed by atoms with Crippen LogP contribution in [0.3, 0.4) is 0 Å². The van der Waals surface area contributed by atoms with Gasteiger partial charge in [0, 0.05) is 11.3 Å². The van der Waals surface area contributed by atoms with Crippen LogP contribution < -0.4 is 10.2 Å². The Kier molecular flexibility index (Phi) is 7.95. The summed E-state index contributed by atoms with van der Waals surface area (Å²) in [5.41, 5.74) is 7.75. The first-order valence-corrected chi connectivity index (χ1v) is 12.3. The van der Waals surface area contributed by atoms with Crippen molar-refractivity contribution >= 4 is 23.9 Å². The van der Waals surface area contributed by atoms with E-state index < -0.39 is 0 Å². The molecule has 4 rings (SSSR count). The van der Waals surface area contributed by atoms with Crippen LogP contribution in [0.4, 0.5) is 0 Å². The van der Waals surface area contributed by atoms with Crippen molar-refractivity contribution in [2.24, 2.45) is 5.10 Å². The smallest absolute Gasteiger partial charge is 0.250 e. The van der Waals surface area contributed by atoms with Gasteiger partial charge in [-0.25, -0.2) is 5.43 Å². The second-order valence-corrected chi connectivity index (χ2v) is 8.83. The number of carbonyl (C=O) groups is 1. The number of amides is 1. The lowest BCUT2D eigenvalue weighted by Gasteiger charge is -2.11. The van der Waals surface area contributed by atoms with Crippen molar-refractivity contribution in [3.63, 3.8) is 0 Å². The van der Waals surface area contributed by atoms with Gasteiger partial charge in [0.05, 0.1) is 19.1 Å². The average Bonchev–Trinajstić information content (AvgIpc) is 3.32. The van der Waals surface area contributed by atoms with Gasteiger partial charge in [0.25, 0.3) is 5.91 Å². The van der Waals surface area contributed by atoms with E-state index in [1.54, 1.807) is 13.3 Å². The summed E-state index contributed by atoms with van der Waals surface area (Å²) >= 11 is 1.31. The highest BCUT2D eigenvalue weighted by molar-refractivity contribution is 7.99. The Balaban J connectivity index is 1.49. The molecule has 35 heavy (non-hydrogen) atoms. The summed E-state index contributed by atoms with van der Waals surface area (Å²) in [4.78, 5) is 12.4. The third-order valence-corrected chi connectivity index (χ3v) is 6.33. The van der Waals surface area contributed by atoms with E-state index in [4.69, 9.17) is 4.74 Å². The number of carbonyl (C=O) groups excluding carboxylic acids is 1. The number of benzene rings is 3. The molecule has 0 saturated carbocycles. The van der Waals surface area contributed by atoms with Crippen molar-refractivity contribution in [1.82, 2.24) is 20.2 Å². The van der Waals surface area contributed by atoms with E-state index in [2.05, 4.69) is 39.8 Å². The lowest BCUT2D eigenvalue weighted by Crippen LogP contribution is -2.20. The Morgan fingerprint density at radius 1 is 1.03 bits per heavy atom.